The van der Waals surface area contributed by atoms with Crippen LogP contribution in [0.15, 0.2) is 47.1 Å². The van der Waals surface area contributed by atoms with Crippen LogP contribution in [0.5, 0.6) is 0 Å². The van der Waals surface area contributed by atoms with E-state index >= 15 is 0 Å². The first-order valence-corrected chi connectivity index (χ1v) is 8.48. The normalized spacial score (nSPS) is 15.9. The Morgan fingerprint density at radius 3 is 2.33 bits per heavy atom. The van der Waals surface area contributed by atoms with E-state index in [9.17, 15) is 0 Å². The number of pyridine rings is 1. The van der Waals surface area contributed by atoms with E-state index in [0.717, 1.165) is 16.2 Å². The molecule has 0 spiro atoms. The van der Waals surface area contributed by atoms with Gasteiger partial charge < -0.3 is 4.90 Å². The Kier molecular flexibility index (Phi) is 4.59. The number of hydrogen-bond acceptors (Lipinski definition) is 2. The summed E-state index contributed by atoms with van der Waals surface area (Å²) in [6.07, 6.45) is 8.71. The summed E-state index contributed by atoms with van der Waals surface area (Å²) in [5, 5.41) is 0. The number of aromatic nitrogens is 1. The highest BCUT2D eigenvalue weighted by Crippen LogP contribution is 2.33. The van der Waals surface area contributed by atoms with Crippen LogP contribution in [0.25, 0.3) is 0 Å². The quantitative estimate of drug-likeness (QED) is 0.714. The zero-order valence-corrected chi connectivity index (χ0v) is 14.0. The second kappa shape index (κ2) is 6.61. The number of benzene rings is 1. The van der Waals surface area contributed by atoms with Gasteiger partial charge in [-0.05, 0) is 64.5 Å². The Labute approximate surface area is 135 Å². The highest BCUT2D eigenvalue weighted by Gasteiger charge is 2.15. The van der Waals surface area contributed by atoms with Crippen LogP contribution in [-0.2, 0) is 0 Å². The largest absolute Gasteiger partial charge is 0.329 e. The van der Waals surface area contributed by atoms with Crippen LogP contribution in [0.2, 0.25) is 0 Å². The number of nitrogens with zero attached hydrogens (tertiary/aromatic N) is 2. The van der Waals surface area contributed by atoms with E-state index in [1.807, 2.05) is 18.3 Å². The van der Waals surface area contributed by atoms with Crippen LogP contribution in [0, 0.1) is 0 Å². The molecule has 110 valence electrons. The minimum absolute atomic E-state index is 0.768. The second-order valence-corrected chi connectivity index (χ2v) is 6.74. The molecule has 1 aromatic heterocycles. The van der Waals surface area contributed by atoms with Crippen LogP contribution >= 0.6 is 15.9 Å². The number of hydrogen-bond donors (Lipinski definition) is 0. The van der Waals surface area contributed by atoms with Crippen molar-refractivity contribution >= 4 is 27.4 Å². The van der Waals surface area contributed by atoms with Gasteiger partial charge in [0.05, 0.1) is 0 Å². The summed E-state index contributed by atoms with van der Waals surface area (Å²) in [6, 6.07) is 13.1. The van der Waals surface area contributed by atoms with Crippen molar-refractivity contribution in [1.29, 1.82) is 0 Å². The number of rotatable bonds is 3. The second-order valence-electron chi connectivity index (χ2n) is 5.82. The molecule has 0 saturated heterocycles. The zero-order valence-electron chi connectivity index (χ0n) is 12.4. The van der Waals surface area contributed by atoms with Gasteiger partial charge in [0.1, 0.15) is 5.82 Å². The molecule has 1 heterocycles. The van der Waals surface area contributed by atoms with E-state index < -0.39 is 0 Å². The standard InChI is InChI=1S/C18H21BrN2/c1-21(18-12-9-16(19)13-20-18)17-10-7-15(8-11-17)14-5-3-2-4-6-14/h7-14H,2-6H2,1H3. The lowest BCUT2D eigenvalue weighted by Crippen LogP contribution is -2.11. The first-order valence-electron chi connectivity index (χ1n) is 7.69. The third kappa shape index (κ3) is 3.46. The predicted molar refractivity (Wildman–Crippen MR) is 92.3 cm³/mol. The fourth-order valence-electron chi connectivity index (χ4n) is 3.10. The van der Waals surface area contributed by atoms with Crippen molar-refractivity contribution in [1.82, 2.24) is 4.98 Å². The fraction of sp³-hybridized carbons (Fsp3) is 0.389. The molecule has 0 aliphatic heterocycles. The van der Waals surface area contributed by atoms with Gasteiger partial charge in [0.15, 0.2) is 0 Å². The van der Waals surface area contributed by atoms with E-state index in [2.05, 4.69) is 57.1 Å². The van der Waals surface area contributed by atoms with Crippen molar-refractivity contribution in [2.45, 2.75) is 38.0 Å². The van der Waals surface area contributed by atoms with Crippen LogP contribution < -0.4 is 4.90 Å². The summed E-state index contributed by atoms with van der Waals surface area (Å²) in [7, 11) is 2.06. The molecule has 3 rings (SSSR count). The maximum atomic E-state index is 4.45. The molecular weight excluding hydrogens is 324 g/mol. The third-order valence-corrected chi connectivity index (χ3v) is 4.88. The summed E-state index contributed by atoms with van der Waals surface area (Å²) in [5.41, 5.74) is 2.68. The van der Waals surface area contributed by atoms with Gasteiger partial charge in [0.25, 0.3) is 0 Å². The highest BCUT2D eigenvalue weighted by molar-refractivity contribution is 9.10. The van der Waals surface area contributed by atoms with Crippen LogP contribution in [0.3, 0.4) is 0 Å². The Morgan fingerprint density at radius 2 is 1.71 bits per heavy atom. The molecular formula is C18H21BrN2. The smallest absolute Gasteiger partial charge is 0.132 e. The minimum atomic E-state index is 0.768. The lowest BCUT2D eigenvalue weighted by atomic mass is 9.84. The molecule has 2 aromatic rings. The Bertz CT molecular complexity index is 571. The van der Waals surface area contributed by atoms with Gasteiger partial charge in [-0.15, -0.1) is 0 Å². The molecule has 21 heavy (non-hydrogen) atoms. The lowest BCUT2D eigenvalue weighted by molar-refractivity contribution is 0.443. The summed E-state index contributed by atoms with van der Waals surface area (Å²) in [4.78, 5) is 6.57. The summed E-state index contributed by atoms with van der Waals surface area (Å²) >= 11 is 3.42. The van der Waals surface area contributed by atoms with Gasteiger partial charge in [-0.1, -0.05) is 31.4 Å². The monoisotopic (exact) mass is 344 g/mol. The van der Waals surface area contributed by atoms with Crippen molar-refractivity contribution in [2.24, 2.45) is 0 Å². The molecule has 0 atom stereocenters. The summed E-state index contributed by atoms with van der Waals surface area (Å²) in [5.74, 6) is 1.73. The van der Waals surface area contributed by atoms with Crippen molar-refractivity contribution in [2.75, 3.05) is 11.9 Å². The summed E-state index contributed by atoms with van der Waals surface area (Å²) < 4.78 is 1.01. The number of halogens is 1. The van der Waals surface area contributed by atoms with E-state index in [4.69, 9.17) is 0 Å². The van der Waals surface area contributed by atoms with E-state index in [1.165, 1.54) is 43.4 Å². The topological polar surface area (TPSA) is 16.1 Å². The molecule has 1 aromatic carbocycles. The van der Waals surface area contributed by atoms with Gasteiger partial charge in [0.2, 0.25) is 0 Å². The van der Waals surface area contributed by atoms with Crippen molar-refractivity contribution < 1.29 is 0 Å². The average molecular weight is 345 g/mol. The van der Waals surface area contributed by atoms with Gasteiger partial charge in [-0.25, -0.2) is 4.98 Å². The first kappa shape index (κ1) is 14.6. The molecule has 1 saturated carbocycles. The Balaban J connectivity index is 1.75. The minimum Gasteiger partial charge on any atom is -0.329 e. The predicted octanol–water partition coefficient (Wildman–Crippen LogP) is 5.66. The van der Waals surface area contributed by atoms with Crippen LogP contribution in [0.4, 0.5) is 11.5 Å². The maximum Gasteiger partial charge on any atom is 0.132 e. The molecule has 0 amide bonds. The number of anilines is 2. The fourth-order valence-corrected chi connectivity index (χ4v) is 3.34. The lowest BCUT2D eigenvalue weighted by Gasteiger charge is -2.23. The molecule has 0 bridgehead atoms. The molecule has 2 nitrogen and oxygen atoms in total. The highest BCUT2D eigenvalue weighted by atomic mass is 79.9. The summed E-state index contributed by atoms with van der Waals surface area (Å²) in [6.45, 7) is 0. The molecule has 1 aliphatic rings. The average Bonchev–Trinajstić information content (AvgIpc) is 2.56. The Hall–Kier alpha value is -1.35. The first-order chi connectivity index (χ1) is 10.2. The van der Waals surface area contributed by atoms with Crippen molar-refractivity contribution in [3.05, 3.63) is 52.6 Å². The molecule has 0 radical (unpaired) electrons. The van der Waals surface area contributed by atoms with Gasteiger partial charge in [0, 0.05) is 23.4 Å². The van der Waals surface area contributed by atoms with E-state index in [-0.39, 0.29) is 0 Å². The van der Waals surface area contributed by atoms with Crippen molar-refractivity contribution in [3.63, 3.8) is 0 Å². The molecule has 1 aliphatic carbocycles. The molecule has 0 N–H and O–H groups in total. The van der Waals surface area contributed by atoms with Gasteiger partial charge in [-0.3, -0.25) is 0 Å². The molecule has 1 fully saturated rings. The van der Waals surface area contributed by atoms with Gasteiger partial charge >= 0.3 is 0 Å². The maximum absolute atomic E-state index is 4.45. The zero-order chi connectivity index (χ0) is 14.7. The Morgan fingerprint density at radius 1 is 1.00 bits per heavy atom. The SMILES string of the molecule is CN(c1ccc(C2CCCCC2)cc1)c1ccc(Br)cn1. The van der Waals surface area contributed by atoms with E-state index in [1.54, 1.807) is 0 Å². The van der Waals surface area contributed by atoms with Gasteiger partial charge in [-0.2, -0.15) is 0 Å². The van der Waals surface area contributed by atoms with E-state index in [0.29, 0.717) is 0 Å². The molecule has 0 unspecified atom stereocenters. The third-order valence-electron chi connectivity index (χ3n) is 4.41. The van der Waals surface area contributed by atoms with Crippen LogP contribution in [-0.4, -0.2) is 12.0 Å². The van der Waals surface area contributed by atoms with Crippen molar-refractivity contribution in [3.8, 4) is 0 Å². The molecule has 3 heteroatoms. The van der Waals surface area contributed by atoms with Crippen LogP contribution in [0.1, 0.15) is 43.6 Å².